The van der Waals surface area contributed by atoms with Crippen LogP contribution < -0.4 is 0 Å². The standard InChI is InChI=1S/C7H18O4Si/c1-9-7(10-2)6-11-12-5-3-4-8/h7-8H,3-6,12H2,1-2H3. The SMILES string of the molecule is COC(CO[SiH2]CCCO)OC. The van der Waals surface area contributed by atoms with Crippen LogP contribution in [0.15, 0.2) is 0 Å². The summed E-state index contributed by atoms with van der Waals surface area (Å²) in [6.45, 7) is 0.763. The first kappa shape index (κ1) is 12.1. The second-order valence-electron chi connectivity index (χ2n) is 2.41. The highest BCUT2D eigenvalue weighted by Gasteiger charge is 2.03. The van der Waals surface area contributed by atoms with Crippen molar-refractivity contribution in [3.8, 4) is 0 Å². The van der Waals surface area contributed by atoms with Gasteiger partial charge in [-0.25, -0.2) is 0 Å². The summed E-state index contributed by atoms with van der Waals surface area (Å²) in [6, 6.07) is 1.01. The highest BCUT2D eigenvalue weighted by atomic mass is 28.2. The smallest absolute Gasteiger partial charge is 0.178 e. The Bertz CT molecular complexity index is 87.5. The number of aliphatic hydroxyl groups is 1. The normalized spacial score (nSPS) is 12.0. The lowest BCUT2D eigenvalue weighted by molar-refractivity contribution is -0.121. The second kappa shape index (κ2) is 9.15. The van der Waals surface area contributed by atoms with E-state index in [-0.39, 0.29) is 12.9 Å². The van der Waals surface area contributed by atoms with Gasteiger partial charge in [0, 0.05) is 20.8 Å². The predicted octanol–water partition coefficient (Wildman–Crippen LogP) is -0.494. The van der Waals surface area contributed by atoms with Crippen molar-refractivity contribution in [3.63, 3.8) is 0 Å². The molecule has 0 unspecified atom stereocenters. The highest BCUT2D eigenvalue weighted by Crippen LogP contribution is 1.93. The number of hydrogen-bond donors (Lipinski definition) is 1. The molecule has 0 spiro atoms. The predicted molar refractivity (Wildman–Crippen MR) is 48.8 cm³/mol. The first-order valence-electron chi connectivity index (χ1n) is 4.09. The molecule has 0 radical (unpaired) electrons. The van der Waals surface area contributed by atoms with E-state index < -0.39 is 9.76 Å². The van der Waals surface area contributed by atoms with Crippen molar-refractivity contribution >= 4 is 9.76 Å². The summed E-state index contributed by atoms with van der Waals surface area (Å²) >= 11 is 0. The van der Waals surface area contributed by atoms with Gasteiger partial charge in [0.1, 0.15) is 0 Å². The Morgan fingerprint density at radius 1 is 1.33 bits per heavy atom. The van der Waals surface area contributed by atoms with Crippen LogP contribution in [-0.4, -0.2) is 48.6 Å². The summed E-state index contributed by atoms with van der Waals surface area (Å²) < 4.78 is 15.2. The Kier molecular flexibility index (Phi) is 9.19. The Morgan fingerprint density at radius 3 is 2.50 bits per heavy atom. The third kappa shape index (κ3) is 6.75. The topological polar surface area (TPSA) is 47.9 Å². The van der Waals surface area contributed by atoms with E-state index in [9.17, 15) is 0 Å². The van der Waals surface area contributed by atoms with Gasteiger partial charge in [-0.1, -0.05) is 0 Å². The molecule has 0 aliphatic carbocycles. The lowest BCUT2D eigenvalue weighted by Gasteiger charge is -2.13. The Labute approximate surface area is 75.8 Å². The van der Waals surface area contributed by atoms with Gasteiger partial charge in [0.2, 0.25) is 0 Å². The summed E-state index contributed by atoms with van der Waals surface area (Å²) in [5, 5.41) is 8.48. The molecule has 0 bridgehead atoms. The maximum Gasteiger partial charge on any atom is 0.178 e. The molecule has 74 valence electrons. The van der Waals surface area contributed by atoms with Crippen molar-refractivity contribution in [3.05, 3.63) is 0 Å². The van der Waals surface area contributed by atoms with Crippen LogP contribution in [0.25, 0.3) is 0 Å². The van der Waals surface area contributed by atoms with Gasteiger partial charge in [-0.05, 0) is 12.5 Å². The zero-order chi connectivity index (χ0) is 9.23. The second-order valence-corrected chi connectivity index (χ2v) is 3.93. The van der Waals surface area contributed by atoms with E-state index in [1.807, 2.05) is 0 Å². The van der Waals surface area contributed by atoms with Gasteiger partial charge in [0.25, 0.3) is 0 Å². The quantitative estimate of drug-likeness (QED) is 0.322. The maximum absolute atomic E-state index is 8.48. The first-order chi connectivity index (χ1) is 5.85. The Morgan fingerprint density at radius 2 is 2.00 bits per heavy atom. The highest BCUT2D eigenvalue weighted by molar-refractivity contribution is 6.26. The third-order valence-electron chi connectivity index (χ3n) is 1.48. The summed E-state index contributed by atoms with van der Waals surface area (Å²) in [4.78, 5) is 0. The van der Waals surface area contributed by atoms with Crippen molar-refractivity contribution in [1.29, 1.82) is 0 Å². The van der Waals surface area contributed by atoms with Gasteiger partial charge in [-0.3, -0.25) is 0 Å². The Balaban J connectivity index is 3.06. The number of ether oxygens (including phenoxy) is 2. The van der Waals surface area contributed by atoms with Crippen molar-refractivity contribution in [2.75, 3.05) is 27.4 Å². The van der Waals surface area contributed by atoms with E-state index in [0.29, 0.717) is 6.61 Å². The lowest BCUT2D eigenvalue weighted by atomic mass is 10.5. The molecular weight excluding hydrogens is 176 g/mol. The van der Waals surface area contributed by atoms with Crippen molar-refractivity contribution in [1.82, 2.24) is 0 Å². The van der Waals surface area contributed by atoms with Crippen LogP contribution in [0.3, 0.4) is 0 Å². The minimum absolute atomic E-state index is 0.244. The fourth-order valence-electron chi connectivity index (χ4n) is 0.728. The van der Waals surface area contributed by atoms with E-state index in [2.05, 4.69) is 0 Å². The summed E-state index contributed by atoms with van der Waals surface area (Å²) in [7, 11) is 2.70. The van der Waals surface area contributed by atoms with Gasteiger partial charge in [0.05, 0.1) is 6.61 Å². The fraction of sp³-hybridized carbons (Fsp3) is 1.00. The molecule has 0 aromatic heterocycles. The molecule has 1 N–H and O–H groups in total. The fourth-order valence-corrected chi connectivity index (χ4v) is 1.72. The summed E-state index contributed by atoms with van der Waals surface area (Å²) in [5.41, 5.74) is 0. The van der Waals surface area contributed by atoms with Crippen LogP contribution >= 0.6 is 0 Å². The van der Waals surface area contributed by atoms with E-state index in [0.717, 1.165) is 12.5 Å². The Hall–Kier alpha value is 0.0569. The molecule has 0 amide bonds. The van der Waals surface area contributed by atoms with E-state index in [1.54, 1.807) is 14.2 Å². The van der Waals surface area contributed by atoms with Gasteiger partial charge >= 0.3 is 0 Å². The minimum atomic E-state index is -0.481. The average Bonchev–Trinajstić information content (AvgIpc) is 2.11. The number of methoxy groups -OCH3 is 2. The molecule has 0 aromatic carbocycles. The molecule has 0 aliphatic heterocycles. The molecule has 0 saturated carbocycles. The molecule has 0 aromatic rings. The molecule has 0 fully saturated rings. The van der Waals surface area contributed by atoms with Crippen LogP contribution in [0.1, 0.15) is 6.42 Å². The summed E-state index contributed by atoms with van der Waals surface area (Å²) in [5.74, 6) is 0. The number of hydrogen-bond acceptors (Lipinski definition) is 4. The van der Waals surface area contributed by atoms with Gasteiger partial charge in [-0.15, -0.1) is 0 Å². The van der Waals surface area contributed by atoms with E-state index in [1.165, 1.54) is 0 Å². The monoisotopic (exact) mass is 194 g/mol. The molecule has 4 nitrogen and oxygen atoms in total. The zero-order valence-electron chi connectivity index (χ0n) is 7.78. The van der Waals surface area contributed by atoms with Crippen LogP contribution in [-0.2, 0) is 13.9 Å². The van der Waals surface area contributed by atoms with Gasteiger partial charge < -0.3 is 19.0 Å². The van der Waals surface area contributed by atoms with Crippen molar-refractivity contribution < 1.29 is 19.0 Å². The van der Waals surface area contributed by atoms with Crippen LogP contribution in [0.2, 0.25) is 6.04 Å². The van der Waals surface area contributed by atoms with Crippen LogP contribution in [0.4, 0.5) is 0 Å². The van der Waals surface area contributed by atoms with E-state index in [4.69, 9.17) is 19.0 Å². The lowest BCUT2D eigenvalue weighted by Crippen LogP contribution is -2.21. The molecule has 5 heteroatoms. The number of rotatable bonds is 8. The maximum atomic E-state index is 8.48. The largest absolute Gasteiger partial charge is 0.419 e. The minimum Gasteiger partial charge on any atom is -0.419 e. The first-order valence-corrected chi connectivity index (χ1v) is 5.67. The molecule has 0 aliphatic rings. The number of aliphatic hydroxyl groups excluding tert-OH is 1. The molecule has 0 rings (SSSR count). The van der Waals surface area contributed by atoms with E-state index >= 15 is 0 Å². The molecule has 0 atom stereocenters. The zero-order valence-corrected chi connectivity index (χ0v) is 9.20. The average molecular weight is 194 g/mol. The van der Waals surface area contributed by atoms with Crippen LogP contribution in [0.5, 0.6) is 0 Å². The van der Waals surface area contributed by atoms with Crippen molar-refractivity contribution in [2.24, 2.45) is 0 Å². The molecule has 12 heavy (non-hydrogen) atoms. The molecular formula is C7H18O4Si. The van der Waals surface area contributed by atoms with Crippen molar-refractivity contribution in [2.45, 2.75) is 18.8 Å². The van der Waals surface area contributed by atoms with Gasteiger partial charge in [-0.2, -0.15) is 0 Å². The summed E-state index contributed by atoms with van der Waals surface area (Å²) in [6.07, 6.45) is 0.600. The van der Waals surface area contributed by atoms with Gasteiger partial charge in [0.15, 0.2) is 16.1 Å². The molecule has 0 saturated heterocycles. The third-order valence-corrected chi connectivity index (χ3v) is 2.79. The van der Waals surface area contributed by atoms with Crippen LogP contribution in [0, 0.1) is 0 Å². The molecule has 0 heterocycles.